The van der Waals surface area contributed by atoms with Gasteiger partial charge in [0.2, 0.25) is 0 Å². The fraction of sp³-hybridized carbons (Fsp3) is 0.667. The van der Waals surface area contributed by atoms with Gasteiger partial charge >= 0.3 is 10.4 Å². The molecule has 0 amide bonds. The molecule has 0 aromatic rings. The monoisotopic (exact) mass is 171 g/mol. The van der Waals surface area contributed by atoms with E-state index < -0.39 is 10.4 Å². The van der Waals surface area contributed by atoms with Crippen molar-refractivity contribution < 1.29 is 22.3 Å². The van der Waals surface area contributed by atoms with Crippen LogP contribution in [0.2, 0.25) is 0 Å². The molecule has 0 aromatic carbocycles. The molecule has 7 heteroatoms. The van der Waals surface area contributed by atoms with Gasteiger partial charge in [-0.05, 0) is 6.92 Å². The van der Waals surface area contributed by atoms with Crippen LogP contribution in [0.5, 0.6) is 0 Å². The van der Waals surface area contributed by atoms with Crippen LogP contribution in [0.25, 0.3) is 0 Å². The fourth-order valence-corrected chi connectivity index (χ4v) is 0. The molecule has 0 atom stereocenters. The van der Waals surface area contributed by atoms with Crippen molar-refractivity contribution in [2.45, 2.75) is 6.92 Å². The lowest BCUT2D eigenvalue weighted by Gasteiger charge is -1.73. The molecular weight excluding hydrogens is 162 g/mol. The molecule has 6 nitrogen and oxygen atoms in total. The van der Waals surface area contributed by atoms with Crippen LogP contribution in [-0.4, -0.2) is 29.9 Å². The average Bonchev–Trinajstić information content (AvgIpc) is 1.61. The number of rotatable bonds is 1. The highest BCUT2D eigenvalue weighted by Gasteiger charge is 1.84. The smallest absolute Gasteiger partial charge is 0.324 e. The summed E-state index contributed by atoms with van der Waals surface area (Å²) >= 11 is 0. The van der Waals surface area contributed by atoms with Crippen molar-refractivity contribution >= 4 is 16.2 Å². The van der Waals surface area contributed by atoms with Gasteiger partial charge in [0, 0.05) is 0 Å². The lowest BCUT2D eigenvalue weighted by molar-refractivity contribution is -0.115. The standard InChI is InChI=1S/C3H7NO.H2O4S/c1-3(5)2-4;1-5(2,3)4/h2,4H2,1H3;(H2,1,2,3,4). The van der Waals surface area contributed by atoms with Crippen molar-refractivity contribution in [3.8, 4) is 0 Å². The van der Waals surface area contributed by atoms with E-state index in [2.05, 4.69) is 0 Å². The Morgan fingerprint density at radius 3 is 1.60 bits per heavy atom. The summed E-state index contributed by atoms with van der Waals surface area (Å²) in [6.07, 6.45) is 0. The highest BCUT2D eigenvalue weighted by Crippen LogP contribution is 1.59. The topological polar surface area (TPSA) is 118 Å². The Morgan fingerprint density at radius 1 is 1.50 bits per heavy atom. The summed E-state index contributed by atoms with van der Waals surface area (Å²) in [5, 5.41) is 0. The minimum Gasteiger partial charge on any atom is -0.324 e. The first-order valence-corrected chi connectivity index (χ1v) is 3.56. The van der Waals surface area contributed by atoms with E-state index in [1.54, 1.807) is 0 Å². The Hall–Kier alpha value is -0.500. The maximum Gasteiger partial charge on any atom is 0.394 e. The minimum absolute atomic E-state index is 0.0324. The number of ketones is 1. The lowest BCUT2D eigenvalue weighted by atomic mass is 10.5. The average molecular weight is 171 g/mol. The van der Waals surface area contributed by atoms with Crippen molar-refractivity contribution in [1.29, 1.82) is 0 Å². The lowest BCUT2D eigenvalue weighted by Crippen LogP contribution is -2.07. The highest BCUT2D eigenvalue weighted by molar-refractivity contribution is 7.79. The maximum atomic E-state index is 9.69. The van der Waals surface area contributed by atoms with Gasteiger partial charge in [-0.3, -0.25) is 13.9 Å². The van der Waals surface area contributed by atoms with Gasteiger partial charge in [0.25, 0.3) is 0 Å². The zero-order valence-corrected chi connectivity index (χ0v) is 6.13. The van der Waals surface area contributed by atoms with Gasteiger partial charge in [0.05, 0.1) is 6.54 Å². The number of hydrogen-bond donors (Lipinski definition) is 3. The molecule has 0 bridgehead atoms. The molecule has 0 unspecified atom stereocenters. The first-order chi connectivity index (χ1) is 4.27. The van der Waals surface area contributed by atoms with Crippen LogP contribution in [0.15, 0.2) is 0 Å². The molecule has 0 heterocycles. The first kappa shape index (κ1) is 12.2. The SMILES string of the molecule is CC(=O)CN.O=S(=O)(O)O. The van der Waals surface area contributed by atoms with E-state index in [-0.39, 0.29) is 12.3 Å². The number of carbonyl (C=O) groups is 1. The number of hydrogen-bond acceptors (Lipinski definition) is 4. The van der Waals surface area contributed by atoms with E-state index in [1.165, 1.54) is 6.92 Å². The zero-order chi connectivity index (χ0) is 8.78. The fourth-order valence-electron chi connectivity index (χ4n) is 0. The van der Waals surface area contributed by atoms with Crippen LogP contribution in [0.4, 0.5) is 0 Å². The Labute approximate surface area is 58.6 Å². The predicted molar refractivity (Wildman–Crippen MR) is 33.9 cm³/mol. The third kappa shape index (κ3) is 141. The molecule has 0 aliphatic carbocycles. The second kappa shape index (κ2) is 5.30. The molecule has 10 heavy (non-hydrogen) atoms. The van der Waals surface area contributed by atoms with Crippen LogP contribution in [0.3, 0.4) is 0 Å². The summed E-state index contributed by atoms with van der Waals surface area (Å²) < 4.78 is 31.6. The largest absolute Gasteiger partial charge is 0.394 e. The van der Waals surface area contributed by atoms with Crippen LogP contribution in [0, 0.1) is 0 Å². The molecule has 0 aromatic heterocycles. The summed E-state index contributed by atoms with van der Waals surface area (Å²) in [7, 11) is -4.67. The van der Waals surface area contributed by atoms with Crippen LogP contribution >= 0.6 is 0 Å². The van der Waals surface area contributed by atoms with E-state index in [0.29, 0.717) is 0 Å². The Morgan fingerprint density at radius 2 is 1.60 bits per heavy atom. The third-order valence-corrected chi connectivity index (χ3v) is 0.287. The van der Waals surface area contributed by atoms with Gasteiger partial charge < -0.3 is 5.73 Å². The van der Waals surface area contributed by atoms with Crippen molar-refractivity contribution in [1.82, 2.24) is 0 Å². The van der Waals surface area contributed by atoms with E-state index >= 15 is 0 Å². The van der Waals surface area contributed by atoms with Crippen LogP contribution < -0.4 is 5.73 Å². The minimum atomic E-state index is -4.67. The molecule has 0 saturated heterocycles. The summed E-state index contributed by atoms with van der Waals surface area (Å²) in [5.41, 5.74) is 4.82. The van der Waals surface area contributed by atoms with E-state index in [9.17, 15) is 4.79 Å². The van der Waals surface area contributed by atoms with Crippen molar-refractivity contribution in [2.75, 3.05) is 6.54 Å². The molecule has 0 spiro atoms. The Bertz CT molecular complexity index is 175. The van der Waals surface area contributed by atoms with Gasteiger partial charge in [-0.2, -0.15) is 8.42 Å². The van der Waals surface area contributed by atoms with Crippen LogP contribution in [0.1, 0.15) is 6.92 Å². The molecule has 4 N–H and O–H groups in total. The molecule has 0 saturated carbocycles. The molecule has 0 fully saturated rings. The van der Waals surface area contributed by atoms with E-state index in [1.807, 2.05) is 0 Å². The normalized spacial score (nSPS) is 9.60. The molecule has 0 radical (unpaired) electrons. The molecule has 0 aliphatic rings. The van der Waals surface area contributed by atoms with Gasteiger partial charge in [-0.15, -0.1) is 0 Å². The van der Waals surface area contributed by atoms with Crippen molar-refractivity contribution in [3.05, 3.63) is 0 Å². The summed E-state index contributed by atoms with van der Waals surface area (Å²) in [6, 6.07) is 0. The highest BCUT2D eigenvalue weighted by atomic mass is 32.3. The second-order valence-corrected chi connectivity index (χ2v) is 2.25. The van der Waals surface area contributed by atoms with Crippen molar-refractivity contribution in [3.63, 3.8) is 0 Å². The Kier molecular flexibility index (Phi) is 6.46. The zero-order valence-electron chi connectivity index (χ0n) is 5.31. The quantitative estimate of drug-likeness (QED) is 0.430. The summed E-state index contributed by atoms with van der Waals surface area (Å²) in [4.78, 5) is 9.69. The van der Waals surface area contributed by atoms with Crippen LogP contribution in [-0.2, 0) is 15.2 Å². The molecular formula is C3H9NO5S. The summed E-state index contributed by atoms with van der Waals surface area (Å²) in [6.45, 7) is 1.62. The molecule has 0 aliphatic heterocycles. The van der Waals surface area contributed by atoms with E-state index in [4.69, 9.17) is 23.3 Å². The number of nitrogens with two attached hydrogens (primary N) is 1. The number of Topliss-reactive ketones (excluding diaryl/α,β-unsaturated/α-hetero) is 1. The second-order valence-electron chi connectivity index (χ2n) is 1.35. The predicted octanol–water partition coefficient (Wildman–Crippen LogP) is -1.12. The van der Waals surface area contributed by atoms with Gasteiger partial charge in [-0.1, -0.05) is 0 Å². The summed E-state index contributed by atoms with van der Waals surface area (Å²) in [5.74, 6) is 0.0324. The van der Waals surface area contributed by atoms with Crippen molar-refractivity contribution in [2.24, 2.45) is 5.73 Å². The maximum absolute atomic E-state index is 9.69. The molecule has 62 valence electrons. The van der Waals surface area contributed by atoms with Gasteiger partial charge in [-0.25, -0.2) is 0 Å². The van der Waals surface area contributed by atoms with Gasteiger partial charge in [0.1, 0.15) is 5.78 Å². The molecule has 0 rings (SSSR count). The third-order valence-electron chi connectivity index (χ3n) is 0.287. The Balaban J connectivity index is 0. The number of carbonyl (C=O) groups excluding carboxylic acids is 1. The van der Waals surface area contributed by atoms with Gasteiger partial charge in [0.15, 0.2) is 0 Å². The van der Waals surface area contributed by atoms with E-state index in [0.717, 1.165) is 0 Å². The first-order valence-electron chi connectivity index (χ1n) is 2.16.